The molecular weight excluding hydrogens is 454 g/mol. The average molecular weight is 478 g/mol. The molecule has 0 aliphatic carbocycles. The van der Waals surface area contributed by atoms with Crippen LogP contribution in [0.4, 0.5) is 0 Å². The van der Waals surface area contributed by atoms with E-state index in [2.05, 4.69) is 16.6 Å². The molecule has 1 aliphatic rings. The fraction of sp³-hybridized carbons (Fsp3) is 0.333. The van der Waals surface area contributed by atoms with E-state index >= 15 is 0 Å². The number of aryl methyl sites for hydroxylation is 2. The quantitative estimate of drug-likeness (QED) is 0.502. The van der Waals surface area contributed by atoms with E-state index < -0.39 is 10.0 Å². The van der Waals surface area contributed by atoms with Gasteiger partial charge in [0.05, 0.1) is 5.56 Å². The Morgan fingerprint density at radius 2 is 1.90 bits per heavy atom. The minimum atomic E-state index is -3.70. The Kier molecular flexibility index (Phi) is 6.52. The van der Waals surface area contributed by atoms with Crippen molar-refractivity contribution in [3.05, 3.63) is 63.7 Å². The molecule has 0 radical (unpaired) electrons. The molecule has 1 aliphatic heterocycles. The van der Waals surface area contributed by atoms with Crippen molar-refractivity contribution in [2.75, 3.05) is 26.2 Å². The van der Waals surface area contributed by atoms with E-state index in [1.54, 1.807) is 41.8 Å². The molecule has 7 nitrogen and oxygen atoms in total. The third kappa shape index (κ3) is 4.57. The third-order valence-electron chi connectivity index (χ3n) is 5.18. The van der Waals surface area contributed by atoms with Gasteiger partial charge in [0.2, 0.25) is 10.0 Å². The first-order chi connectivity index (χ1) is 14.9. The lowest BCUT2D eigenvalue weighted by Gasteiger charge is -2.34. The van der Waals surface area contributed by atoms with Gasteiger partial charge >= 0.3 is 0 Å². The highest BCUT2D eigenvalue weighted by Gasteiger charge is 2.34. The van der Waals surface area contributed by atoms with Crippen molar-refractivity contribution in [1.82, 2.24) is 14.4 Å². The summed E-state index contributed by atoms with van der Waals surface area (Å²) in [6, 6.07) is 9.68. The Morgan fingerprint density at radius 3 is 2.55 bits per heavy atom. The monoisotopic (exact) mass is 477 g/mol. The maximum absolute atomic E-state index is 13.2. The Morgan fingerprint density at radius 1 is 1.16 bits per heavy atom. The molecule has 2 aromatic heterocycles. The van der Waals surface area contributed by atoms with Gasteiger partial charge in [-0.3, -0.25) is 4.79 Å². The van der Waals surface area contributed by atoms with Crippen LogP contribution < -0.4 is 0 Å². The number of nitrogens with zero attached hydrogens (tertiary/aromatic N) is 3. The number of rotatable bonds is 6. The van der Waals surface area contributed by atoms with Crippen molar-refractivity contribution < 1.29 is 17.7 Å². The van der Waals surface area contributed by atoms with E-state index in [1.165, 1.54) is 9.87 Å². The smallest absolute Gasteiger partial charge is 0.255 e. The molecule has 1 amide bonds. The molecule has 10 heteroatoms. The van der Waals surface area contributed by atoms with Crippen molar-refractivity contribution in [3.8, 4) is 0 Å². The van der Waals surface area contributed by atoms with Crippen LogP contribution in [-0.2, 0) is 15.8 Å². The number of piperazine rings is 1. The second kappa shape index (κ2) is 9.15. The van der Waals surface area contributed by atoms with Crippen molar-refractivity contribution >= 4 is 39.0 Å². The number of amides is 1. The lowest BCUT2D eigenvalue weighted by atomic mass is 10.2. The van der Waals surface area contributed by atoms with Gasteiger partial charge in [-0.25, -0.2) is 8.42 Å². The summed E-state index contributed by atoms with van der Waals surface area (Å²) < 4.78 is 32.5. The zero-order valence-electron chi connectivity index (χ0n) is 17.3. The van der Waals surface area contributed by atoms with Gasteiger partial charge in [-0.1, -0.05) is 17.3 Å². The number of thiophene rings is 1. The highest BCUT2D eigenvalue weighted by atomic mass is 32.2. The van der Waals surface area contributed by atoms with Gasteiger partial charge in [0.15, 0.2) is 5.76 Å². The summed E-state index contributed by atoms with van der Waals surface area (Å²) in [4.78, 5) is 16.0. The number of sulfonamides is 1. The molecule has 1 saturated heterocycles. The lowest BCUT2D eigenvalue weighted by Crippen LogP contribution is -2.50. The van der Waals surface area contributed by atoms with Gasteiger partial charge < -0.3 is 9.42 Å². The zero-order valence-corrected chi connectivity index (χ0v) is 19.7. The number of hydrogen-bond acceptors (Lipinski definition) is 7. The molecule has 164 valence electrons. The highest BCUT2D eigenvalue weighted by Crippen LogP contribution is 2.29. The summed E-state index contributed by atoms with van der Waals surface area (Å²) in [5.41, 5.74) is 2.24. The van der Waals surface area contributed by atoms with E-state index in [9.17, 15) is 13.2 Å². The number of hydrogen-bond donors (Lipinski definition) is 0. The molecule has 1 aromatic carbocycles. The number of carbonyl (C=O) groups excluding carboxylic acids is 1. The summed E-state index contributed by atoms with van der Waals surface area (Å²) in [6.45, 7) is 4.37. The SMILES string of the molecule is Cc1noc(C)c1S(=O)(=O)N1CCN(C(=O)c2ccccc2SCc2ccsc2)CC1. The minimum Gasteiger partial charge on any atom is -0.360 e. The van der Waals surface area contributed by atoms with E-state index in [0.29, 0.717) is 24.3 Å². The van der Waals surface area contributed by atoms with Crippen LogP contribution in [-0.4, -0.2) is 54.9 Å². The zero-order chi connectivity index (χ0) is 22.0. The van der Waals surface area contributed by atoms with Crippen LogP contribution in [0.5, 0.6) is 0 Å². The van der Waals surface area contributed by atoms with Gasteiger partial charge in [-0.2, -0.15) is 15.6 Å². The molecule has 3 aromatic rings. The molecule has 3 heterocycles. The van der Waals surface area contributed by atoms with Crippen LogP contribution in [0.15, 0.2) is 55.4 Å². The van der Waals surface area contributed by atoms with Crippen molar-refractivity contribution in [3.63, 3.8) is 0 Å². The Hall–Kier alpha value is -2.14. The second-order valence-electron chi connectivity index (χ2n) is 7.27. The Labute approximate surface area is 190 Å². The van der Waals surface area contributed by atoms with Gasteiger partial charge in [0.1, 0.15) is 10.6 Å². The minimum absolute atomic E-state index is 0.0668. The first-order valence-electron chi connectivity index (χ1n) is 9.83. The largest absolute Gasteiger partial charge is 0.360 e. The van der Waals surface area contributed by atoms with Gasteiger partial charge in [0.25, 0.3) is 5.91 Å². The maximum Gasteiger partial charge on any atom is 0.255 e. The van der Waals surface area contributed by atoms with Crippen LogP contribution >= 0.6 is 23.1 Å². The number of carbonyl (C=O) groups is 1. The molecule has 4 rings (SSSR count). The van der Waals surface area contributed by atoms with Crippen LogP contribution in [0.2, 0.25) is 0 Å². The van der Waals surface area contributed by atoms with Crippen LogP contribution in [0.1, 0.15) is 27.4 Å². The van der Waals surface area contributed by atoms with Crippen molar-refractivity contribution in [2.24, 2.45) is 0 Å². The summed E-state index contributed by atoms with van der Waals surface area (Å²) in [5, 5.41) is 7.91. The van der Waals surface area contributed by atoms with Crippen molar-refractivity contribution in [1.29, 1.82) is 0 Å². The summed E-state index contributed by atoms with van der Waals surface area (Å²) in [6.07, 6.45) is 0. The first kappa shape index (κ1) is 22.1. The van der Waals surface area contributed by atoms with Crippen LogP contribution in [0.3, 0.4) is 0 Å². The third-order valence-corrected chi connectivity index (χ3v) is 9.20. The molecule has 0 spiro atoms. The van der Waals surface area contributed by atoms with Gasteiger partial charge in [-0.05, 0) is 48.4 Å². The molecule has 0 atom stereocenters. The summed E-state index contributed by atoms with van der Waals surface area (Å²) >= 11 is 3.30. The predicted molar refractivity (Wildman–Crippen MR) is 121 cm³/mol. The average Bonchev–Trinajstić information content (AvgIpc) is 3.41. The predicted octanol–water partition coefficient (Wildman–Crippen LogP) is 3.79. The van der Waals surface area contributed by atoms with E-state index in [1.807, 2.05) is 29.6 Å². The molecule has 0 saturated carbocycles. The maximum atomic E-state index is 13.2. The molecular formula is C21H23N3O4S3. The molecule has 1 fully saturated rings. The van der Waals surface area contributed by atoms with Gasteiger partial charge in [-0.15, -0.1) is 11.8 Å². The first-order valence-corrected chi connectivity index (χ1v) is 13.2. The summed E-state index contributed by atoms with van der Waals surface area (Å²) in [5.74, 6) is 1.02. The van der Waals surface area contributed by atoms with Crippen LogP contribution in [0.25, 0.3) is 0 Å². The standard InChI is InChI=1S/C21H23N3O4S3/c1-15-20(16(2)28-22-15)31(26,27)24-10-8-23(9-11-24)21(25)18-5-3-4-6-19(18)30-14-17-7-12-29-13-17/h3-7,12-13H,8-11,14H2,1-2H3. The molecule has 31 heavy (non-hydrogen) atoms. The summed E-state index contributed by atoms with van der Waals surface area (Å²) in [7, 11) is -3.70. The van der Waals surface area contributed by atoms with E-state index in [0.717, 1.165) is 10.6 Å². The number of benzene rings is 1. The van der Waals surface area contributed by atoms with E-state index in [4.69, 9.17) is 4.52 Å². The van der Waals surface area contributed by atoms with Crippen molar-refractivity contribution in [2.45, 2.75) is 29.4 Å². The topological polar surface area (TPSA) is 83.7 Å². The fourth-order valence-electron chi connectivity index (χ4n) is 3.58. The Bertz CT molecular complexity index is 1140. The highest BCUT2D eigenvalue weighted by molar-refractivity contribution is 7.98. The van der Waals surface area contributed by atoms with Crippen LogP contribution in [0, 0.1) is 13.8 Å². The molecule has 0 bridgehead atoms. The second-order valence-corrected chi connectivity index (χ2v) is 10.9. The lowest BCUT2D eigenvalue weighted by molar-refractivity contribution is 0.0694. The fourth-order valence-corrected chi connectivity index (χ4v) is 7.05. The number of aromatic nitrogens is 1. The van der Waals surface area contributed by atoms with E-state index in [-0.39, 0.29) is 29.7 Å². The molecule has 0 N–H and O–H groups in total. The van der Waals surface area contributed by atoms with Gasteiger partial charge in [0, 0.05) is 36.8 Å². The Balaban J connectivity index is 1.44. The normalized spacial score (nSPS) is 15.4. The number of thioether (sulfide) groups is 1. The molecule has 0 unspecified atom stereocenters.